The highest BCUT2D eigenvalue weighted by atomic mass is 19.4. The van der Waals surface area contributed by atoms with Gasteiger partial charge in [-0.1, -0.05) is 0 Å². The van der Waals surface area contributed by atoms with E-state index in [-0.39, 0.29) is 18.0 Å². The molecule has 5 nitrogen and oxygen atoms in total. The van der Waals surface area contributed by atoms with Crippen LogP contribution in [0.5, 0.6) is 5.75 Å². The minimum atomic E-state index is -4.50. The van der Waals surface area contributed by atoms with Crippen LogP contribution >= 0.6 is 0 Å². The van der Waals surface area contributed by atoms with Crippen molar-refractivity contribution < 1.29 is 27.8 Å². The number of carbonyl (C=O) groups is 1. The number of halogens is 3. The van der Waals surface area contributed by atoms with Gasteiger partial charge in [-0.2, -0.15) is 13.2 Å². The van der Waals surface area contributed by atoms with Gasteiger partial charge >= 0.3 is 12.3 Å². The van der Waals surface area contributed by atoms with Gasteiger partial charge in [0, 0.05) is 24.7 Å². The van der Waals surface area contributed by atoms with Crippen LogP contribution in [0.25, 0.3) is 0 Å². The van der Waals surface area contributed by atoms with E-state index in [0.717, 1.165) is 17.0 Å². The molecule has 0 spiro atoms. The molecule has 1 unspecified atom stereocenters. The van der Waals surface area contributed by atoms with Crippen molar-refractivity contribution in [1.82, 2.24) is 4.90 Å². The van der Waals surface area contributed by atoms with E-state index >= 15 is 0 Å². The number of hydrogen-bond acceptors (Lipinski definition) is 3. The maximum Gasteiger partial charge on any atom is 0.416 e. The average Bonchev–Trinajstić information content (AvgIpc) is 2.75. The molecule has 1 aromatic rings. The smallest absolute Gasteiger partial charge is 0.416 e. The lowest BCUT2D eigenvalue weighted by molar-refractivity contribution is -0.137. The van der Waals surface area contributed by atoms with Gasteiger partial charge in [-0.15, -0.1) is 0 Å². The third-order valence-electron chi connectivity index (χ3n) is 2.97. The van der Waals surface area contributed by atoms with E-state index in [9.17, 15) is 18.0 Å². The Morgan fingerprint density at radius 1 is 1.40 bits per heavy atom. The summed E-state index contributed by atoms with van der Waals surface area (Å²) in [6.45, 7) is 0.430. The Kier molecular flexibility index (Phi) is 3.65. The fourth-order valence-electron chi connectivity index (χ4n) is 2.04. The van der Waals surface area contributed by atoms with Gasteiger partial charge in [0.15, 0.2) is 0 Å². The van der Waals surface area contributed by atoms with E-state index in [0.29, 0.717) is 13.0 Å². The molecular weight excluding hydrogens is 277 g/mol. The summed E-state index contributed by atoms with van der Waals surface area (Å²) in [5.41, 5.74) is 4.48. The maximum absolute atomic E-state index is 12.6. The van der Waals surface area contributed by atoms with E-state index < -0.39 is 23.9 Å². The summed E-state index contributed by atoms with van der Waals surface area (Å²) in [5, 5.41) is 8.79. The largest absolute Gasteiger partial charge is 0.488 e. The minimum absolute atomic E-state index is 0.00503. The molecule has 0 saturated carbocycles. The fraction of sp³-hybridized carbons (Fsp3) is 0.417. The summed E-state index contributed by atoms with van der Waals surface area (Å²) in [4.78, 5) is 11.9. The van der Waals surface area contributed by atoms with Crippen molar-refractivity contribution >= 4 is 11.8 Å². The number of likely N-dealkylation sites (tertiary alicyclic amines) is 1. The number of nitrogens with two attached hydrogens (primary N) is 1. The molecule has 0 bridgehead atoms. The van der Waals surface area contributed by atoms with Crippen molar-refractivity contribution in [2.45, 2.75) is 18.7 Å². The summed E-state index contributed by atoms with van der Waals surface area (Å²) >= 11 is 0. The lowest BCUT2D eigenvalue weighted by Crippen LogP contribution is -2.29. The van der Waals surface area contributed by atoms with E-state index in [2.05, 4.69) is 0 Å². The number of rotatable bonds is 2. The predicted octanol–water partition coefficient (Wildman–Crippen LogP) is 2.42. The molecule has 20 heavy (non-hydrogen) atoms. The molecule has 0 aromatic heterocycles. The van der Waals surface area contributed by atoms with Crippen LogP contribution in [0.15, 0.2) is 18.2 Å². The van der Waals surface area contributed by atoms with E-state index in [1.165, 1.54) is 6.07 Å². The van der Waals surface area contributed by atoms with Gasteiger partial charge in [-0.05, 0) is 12.1 Å². The molecule has 1 aliphatic heterocycles. The Hall–Kier alpha value is -2.12. The van der Waals surface area contributed by atoms with Crippen LogP contribution in [0.3, 0.4) is 0 Å². The zero-order valence-electron chi connectivity index (χ0n) is 10.4. The Balaban J connectivity index is 2.11. The van der Waals surface area contributed by atoms with Gasteiger partial charge < -0.3 is 20.5 Å². The minimum Gasteiger partial charge on any atom is -0.488 e. The first-order chi connectivity index (χ1) is 9.25. The van der Waals surface area contributed by atoms with Crippen LogP contribution in [0.1, 0.15) is 12.0 Å². The standard InChI is InChI=1S/C12H13F3N2O3/c13-12(14,15)7-3-8(16)5-10(4-7)20-9-1-2-17(6-9)11(18)19/h3-5,9H,1-2,6,16H2,(H,18,19). The van der Waals surface area contributed by atoms with Crippen LogP contribution in [-0.2, 0) is 6.18 Å². The Morgan fingerprint density at radius 2 is 2.10 bits per heavy atom. The molecule has 110 valence electrons. The summed E-state index contributed by atoms with van der Waals surface area (Å²) in [6, 6.07) is 2.98. The average molecular weight is 290 g/mol. The molecule has 1 heterocycles. The predicted molar refractivity (Wildman–Crippen MR) is 64.5 cm³/mol. The number of benzene rings is 1. The van der Waals surface area contributed by atoms with Crippen LogP contribution in [0.4, 0.5) is 23.7 Å². The number of hydrogen-bond donors (Lipinski definition) is 2. The van der Waals surface area contributed by atoms with Crippen molar-refractivity contribution in [3.63, 3.8) is 0 Å². The fourth-order valence-corrected chi connectivity index (χ4v) is 2.04. The molecule has 1 fully saturated rings. The van der Waals surface area contributed by atoms with Crippen molar-refractivity contribution in [1.29, 1.82) is 0 Å². The van der Waals surface area contributed by atoms with Crippen LogP contribution in [-0.4, -0.2) is 35.3 Å². The number of nitrogen functional groups attached to an aromatic ring is 1. The molecule has 2 rings (SSSR count). The first-order valence-electron chi connectivity index (χ1n) is 5.88. The second kappa shape index (κ2) is 5.10. The molecule has 1 aromatic carbocycles. The number of anilines is 1. The van der Waals surface area contributed by atoms with E-state index in [1.54, 1.807) is 0 Å². The quantitative estimate of drug-likeness (QED) is 0.820. The molecule has 0 radical (unpaired) electrons. The Morgan fingerprint density at radius 3 is 2.65 bits per heavy atom. The highest BCUT2D eigenvalue weighted by Crippen LogP contribution is 2.34. The molecular formula is C12H13F3N2O3. The van der Waals surface area contributed by atoms with Crippen molar-refractivity contribution in [2.75, 3.05) is 18.8 Å². The van der Waals surface area contributed by atoms with Crippen LogP contribution in [0, 0.1) is 0 Å². The summed E-state index contributed by atoms with van der Waals surface area (Å²) in [7, 11) is 0. The molecule has 1 aliphatic rings. The van der Waals surface area contributed by atoms with Crippen molar-refractivity contribution in [2.24, 2.45) is 0 Å². The number of ether oxygens (including phenoxy) is 1. The topological polar surface area (TPSA) is 75.8 Å². The third kappa shape index (κ3) is 3.25. The molecule has 0 aliphatic carbocycles. The SMILES string of the molecule is Nc1cc(OC2CCN(C(=O)O)C2)cc(C(F)(F)F)c1. The first kappa shape index (κ1) is 14.3. The third-order valence-corrected chi connectivity index (χ3v) is 2.97. The second-order valence-corrected chi connectivity index (χ2v) is 4.55. The van der Waals surface area contributed by atoms with Gasteiger partial charge in [-0.3, -0.25) is 0 Å². The maximum atomic E-state index is 12.6. The number of alkyl halides is 3. The van der Waals surface area contributed by atoms with Crippen molar-refractivity contribution in [3.8, 4) is 5.75 Å². The number of carboxylic acid groups (broad SMARTS) is 1. The summed E-state index contributed by atoms with van der Waals surface area (Å²) in [5.74, 6) is -0.00503. The van der Waals surface area contributed by atoms with Gasteiger partial charge in [0.1, 0.15) is 11.9 Å². The second-order valence-electron chi connectivity index (χ2n) is 4.55. The molecule has 8 heteroatoms. The lowest BCUT2D eigenvalue weighted by atomic mass is 10.2. The van der Waals surface area contributed by atoms with Gasteiger partial charge in [0.25, 0.3) is 0 Å². The lowest BCUT2D eigenvalue weighted by Gasteiger charge is -2.16. The van der Waals surface area contributed by atoms with Gasteiger partial charge in [-0.25, -0.2) is 4.79 Å². The van der Waals surface area contributed by atoms with Gasteiger partial charge in [0.05, 0.1) is 12.1 Å². The van der Waals surface area contributed by atoms with E-state index in [1.807, 2.05) is 0 Å². The summed E-state index contributed by atoms with van der Waals surface area (Å²) < 4.78 is 43.3. The first-order valence-corrected chi connectivity index (χ1v) is 5.88. The Bertz CT molecular complexity index is 519. The van der Waals surface area contributed by atoms with Crippen molar-refractivity contribution in [3.05, 3.63) is 23.8 Å². The Labute approximate surface area is 112 Å². The number of nitrogens with zero attached hydrogens (tertiary/aromatic N) is 1. The van der Waals surface area contributed by atoms with Crippen LogP contribution < -0.4 is 10.5 Å². The molecule has 1 amide bonds. The van der Waals surface area contributed by atoms with E-state index in [4.69, 9.17) is 15.6 Å². The van der Waals surface area contributed by atoms with Crippen LogP contribution in [0.2, 0.25) is 0 Å². The summed E-state index contributed by atoms with van der Waals surface area (Å²) in [6.07, 6.45) is -5.60. The highest BCUT2D eigenvalue weighted by Gasteiger charge is 2.32. The molecule has 3 N–H and O–H groups in total. The number of amides is 1. The zero-order valence-corrected chi connectivity index (χ0v) is 10.4. The van der Waals surface area contributed by atoms with Gasteiger partial charge in [0.2, 0.25) is 0 Å². The molecule has 1 saturated heterocycles. The molecule has 1 atom stereocenters. The monoisotopic (exact) mass is 290 g/mol. The highest BCUT2D eigenvalue weighted by molar-refractivity contribution is 5.65. The zero-order chi connectivity index (χ0) is 14.9. The normalized spacial score (nSPS) is 19.1.